The maximum absolute atomic E-state index is 12.9. The molecule has 3 heterocycles. The van der Waals surface area contributed by atoms with Crippen molar-refractivity contribution in [1.29, 1.82) is 0 Å². The quantitative estimate of drug-likeness (QED) is 0.848. The number of anilines is 1. The van der Waals surface area contributed by atoms with Crippen molar-refractivity contribution < 1.29 is 9.53 Å². The molecule has 0 radical (unpaired) electrons. The maximum Gasteiger partial charge on any atom is 0.257 e. The number of hydrogen-bond donors (Lipinski definition) is 0. The van der Waals surface area contributed by atoms with Crippen LogP contribution in [0.5, 0.6) is 5.75 Å². The van der Waals surface area contributed by atoms with Gasteiger partial charge in [0.25, 0.3) is 5.91 Å². The molecule has 134 valence electrons. The standard InChI is InChI=1S/C18H25N5O2/c1-5-23-14(3)17(13(2)20-23)18(24)22-10-8-21(9-11-22)16-7-6-15(25-4)12-19-16/h6-7,12H,5,8-11H2,1-4H3. The molecule has 0 aliphatic carbocycles. The Bertz CT molecular complexity index is 746. The molecule has 2 aromatic rings. The van der Waals surface area contributed by atoms with E-state index in [0.29, 0.717) is 13.1 Å². The number of carbonyl (C=O) groups is 1. The minimum atomic E-state index is 0.0806. The van der Waals surface area contributed by atoms with Crippen molar-refractivity contribution in [2.24, 2.45) is 0 Å². The van der Waals surface area contributed by atoms with Gasteiger partial charge in [-0.3, -0.25) is 9.48 Å². The second-order valence-corrected chi connectivity index (χ2v) is 6.20. The van der Waals surface area contributed by atoms with Gasteiger partial charge in [0.2, 0.25) is 0 Å². The summed E-state index contributed by atoms with van der Waals surface area (Å²) in [5.41, 5.74) is 2.51. The molecule has 0 atom stereocenters. The van der Waals surface area contributed by atoms with Crippen molar-refractivity contribution in [1.82, 2.24) is 19.7 Å². The Morgan fingerprint density at radius 1 is 1.20 bits per heavy atom. The van der Waals surface area contributed by atoms with E-state index < -0.39 is 0 Å². The van der Waals surface area contributed by atoms with Gasteiger partial charge in [-0.05, 0) is 32.9 Å². The number of ether oxygens (including phenoxy) is 1. The average Bonchev–Trinajstić information content (AvgIpc) is 2.95. The lowest BCUT2D eigenvalue weighted by molar-refractivity contribution is 0.0745. The smallest absolute Gasteiger partial charge is 0.257 e. The molecule has 0 bridgehead atoms. The average molecular weight is 343 g/mol. The molecule has 1 aliphatic rings. The van der Waals surface area contributed by atoms with Crippen LogP contribution in [0.4, 0.5) is 5.82 Å². The van der Waals surface area contributed by atoms with Gasteiger partial charge in [-0.25, -0.2) is 4.98 Å². The van der Waals surface area contributed by atoms with Crippen molar-refractivity contribution in [3.8, 4) is 5.75 Å². The molecule has 0 unspecified atom stereocenters. The van der Waals surface area contributed by atoms with Gasteiger partial charge in [-0.2, -0.15) is 5.10 Å². The van der Waals surface area contributed by atoms with Crippen LogP contribution in [0.3, 0.4) is 0 Å². The molecule has 0 spiro atoms. The highest BCUT2D eigenvalue weighted by atomic mass is 16.5. The van der Waals surface area contributed by atoms with Crippen LogP contribution in [-0.2, 0) is 6.54 Å². The van der Waals surface area contributed by atoms with Gasteiger partial charge in [0.1, 0.15) is 11.6 Å². The number of rotatable bonds is 4. The lowest BCUT2D eigenvalue weighted by Gasteiger charge is -2.35. The molecule has 3 rings (SSSR count). The summed E-state index contributed by atoms with van der Waals surface area (Å²) in [4.78, 5) is 21.5. The predicted octanol–water partition coefficient (Wildman–Crippen LogP) is 1.89. The third-order valence-electron chi connectivity index (χ3n) is 4.74. The molecule has 1 amide bonds. The van der Waals surface area contributed by atoms with E-state index in [2.05, 4.69) is 15.0 Å². The molecule has 1 fully saturated rings. The van der Waals surface area contributed by atoms with Crippen LogP contribution in [0, 0.1) is 13.8 Å². The van der Waals surface area contributed by atoms with Crippen LogP contribution in [0.25, 0.3) is 0 Å². The van der Waals surface area contributed by atoms with Gasteiger partial charge in [-0.1, -0.05) is 0 Å². The number of aryl methyl sites for hydroxylation is 2. The van der Waals surface area contributed by atoms with Gasteiger partial charge in [0.15, 0.2) is 0 Å². The molecule has 1 saturated heterocycles. The molecule has 7 nitrogen and oxygen atoms in total. The Kier molecular flexibility index (Phi) is 4.92. The largest absolute Gasteiger partial charge is 0.495 e. The Hall–Kier alpha value is -2.57. The van der Waals surface area contributed by atoms with Crippen LogP contribution in [0.1, 0.15) is 28.7 Å². The maximum atomic E-state index is 12.9. The summed E-state index contributed by atoms with van der Waals surface area (Å²) in [7, 11) is 1.63. The minimum Gasteiger partial charge on any atom is -0.495 e. The second kappa shape index (κ2) is 7.13. The molecule has 25 heavy (non-hydrogen) atoms. The number of aromatic nitrogens is 3. The Morgan fingerprint density at radius 2 is 1.92 bits per heavy atom. The predicted molar refractivity (Wildman–Crippen MR) is 96.3 cm³/mol. The second-order valence-electron chi connectivity index (χ2n) is 6.20. The van der Waals surface area contributed by atoms with Crippen LogP contribution < -0.4 is 9.64 Å². The lowest BCUT2D eigenvalue weighted by atomic mass is 10.1. The van der Waals surface area contributed by atoms with Crippen molar-refractivity contribution in [2.45, 2.75) is 27.3 Å². The zero-order valence-corrected chi connectivity index (χ0v) is 15.3. The Morgan fingerprint density at radius 3 is 2.44 bits per heavy atom. The summed E-state index contributed by atoms with van der Waals surface area (Å²) < 4.78 is 7.03. The van der Waals surface area contributed by atoms with E-state index in [9.17, 15) is 4.79 Å². The number of pyridine rings is 1. The van der Waals surface area contributed by atoms with E-state index in [1.165, 1.54) is 0 Å². The molecular formula is C18H25N5O2. The van der Waals surface area contributed by atoms with E-state index in [-0.39, 0.29) is 5.91 Å². The number of carbonyl (C=O) groups excluding carboxylic acids is 1. The van der Waals surface area contributed by atoms with Crippen LogP contribution in [-0.4, -0.2) is 58.9 Å². The zero-order valence-electron chi connectivity index (χ0n) is 15.3. The minimum absolute atomic E-state index is 0.0806. The first-order valence-corrected chi connectivity index (χ1v) is 8.63. The number of methoxy groups -OCH3 is 1. The highest BCUT2D eigenvalue weighted by molar-refractivity contribution is 5.96. The van der Waals surface area contributed by atoms with Crippen molar-refractivity contribution in [3.63, 3.8) is 0 Å². The first kappa shape index (κ1) is 17.3. The number of piperazine rings is 1. The van der Waals surface area contributed by atoms with E-state index in [1.807, 2.05) is 42.5 Å². The monoisotopic (exact) mass is 343 g/mol. The summed E-state index contributed by atoms with van der Waals surface area (Å²) in [5.74, 6) is 1.74. The molecule has 2 aromatic heterocycles. The summed E-state index contributed by atoms with van der Waals surface area (Å²) in [6.45, 7) is 9.59. The van der Waals surface area contributed by atoms with Gasteiger partial charge in [-0.15, -0.1) is 0 Å². The van der Waals surface area contributed by atoms with Crippen LogP contribution >= 0.6 is 0 Å². The van der Waals surface area contributed by atoms with Crippen molar-refractivity contribution in [3.05, 3.63) is 35.3 Å². The summed E-state index contributed by atoms with van der Waals surface area (Å²) in [5, 5.41) is 4.46. The van der Waals surface area contributed by atoms with Crippen LogP contribution in [0.15, 0.2) is 18.3 Å². The molecule has 0 aromatic carbocycles. The molecule has 0 saturated carbocycles. The first-order valence-electron chi connectivity index (χ1n) is 8.63. The fourth-order valence-electron chi connectivity index (χ4n) is 3.29. The Labute approximate surface area is 148 Å². The highest BCUT2D eigenvalue weighted by Gasteiger charge is 2.27. The molecule has 7 heteroatoms. The Balaban J connectivity index is 1.67. The zero-order chi connectivity index (χ0) is 18.0. The number of amides is 1. The lowest BCUT2D eigenvalue weighted by Crippen LogP contribution is -2.49. The number of nitrogens with zero attached hydrogens (tertiary/aromatic N) is 5. The van der Waals surface area contributed by atoms with E-state index in [1.54, 1.807) is 13.3 Å². The fraction of sp³-hybridized carbons (Fsp3) is 0.500. The van der Waals surface area contributed by atoms with Gasteiger partial charge < -0.3 is 14.5 Å². The topological polar surface area (TPSA) is 63.5 Å². The molecule has 0 N–H and O–H groups in total. The SMILES string of the molecule is CCn1nc(C)c(C(=O)N2CCN(c3ccc(OC)cn3)CC2)c1C. The summed E-state index contributed by atoms with van der Waals surface area (Å²) in [6, 6.07) is 3.86. The van der Waals surface area contributed by atoms with Gasteiger partial charge in [0.05, 0.1) is 24.6 Å². The summed E-state index contributed by atoms with van der Waals surface area (Å²) >= 11 is 0. The molecule has 1 aliphatic heterocycles. The van der Waals surface area contributed by atoms with E-state index in [4.69, 9.17) is 4.74 Å². The number of hydrogen-bond acceptors (Lipinski definition) is 5. The first-order chi connectivity index (χ1) is 12.0. The van der Waals surface area contributed by atoms with Crippen LogP contribution in [0.2, 0.25) is 0 Å². The van der Waals surface area contributed by atoms with Gasteiger partial charge >= 0.3 is 0 Å². The normalized spacial score (nSPS) is 14.7. The van der Waals surface area contributed by atoms with Crippen molar-refractivity contribution in [2.75, 3.05) is 38.2 Å². The third-order valence-corrected chi connectivity index (χ3v) is 4.74. The highest BCUT2D eigenvalue weighted by Crippen LogP contribution is 2.20. The van der Waals surface area contributed by atoms with Crippen molar-refractivity contribution >= 4 is 11.7 Å². The summed E-state index contributed by atoms with van der Waals surface area (Å²) in [6.07, 6.45) is 1.72. The van der Waals surface area contributed by atoms with E-state index >= 15 is 0 Å². The van der Waals surface area contributed by atoms with Gasteiger partial charge in [0, 0.05) is 38.4 Å². The molecular weight excluding hydrogens is 318 g/mol. The fourth-order valence-corrected chi connectivity index (χ4v) is 3.29. The van der Waals surface area contributed by atoms with E-state index in [0.717, 1.165) is 48.2 Å². The third kappa shape index (κ3) is 3.31.